The van der Waals surface area contributed by atoms with Crippen LogP contribution in [0.1, 0.15) is 65.7 Å². The number of aliphatic hydroxyl groups excluding tert-OH is 1. The number of nitrogens with zero attached hydrogens (tertiary/aromatic N) is 5. The van der Waals surface area contributed by atoms with Crippen LogP contribution in [0.25, 0.3) is 17.2 Å². The molecule has 1 aromatic carbocycles. The number of hydrogen-bond acceptors (Lipinski definition) is 9. The molecule has 2 aromatic heterocycles. The third kappa shape index (κ3) is 7.06. The van der Waals surface area contributed by atoms with E-state index in [-0.39, 0.29) is 24.2 Å². The SMILES string of the molecule is COc1cccc(-c2nnc(N(CCCC(C)C)S(=O)(=O)[C@H](C)[C@@H](O)C3CCCCC3)n2-c2c(OC)cccc2OC)n1. The number of sulfonamides is 1. The quantitative estimate of drug-likeness (QED) is 0.258. The second-order valence-electron chi connectivity index (χ2n) is 11.5. The summed E-state index contributed by atoms with van der Waals surface area (Å²) >= 11 is 0. The Bertz CT molecular complexity index is 1430. The Balaban J connectivity index is 1.94. The van der Waals surface area contributed by atoms with Crippen LogP contribution in [0.4, 0.5) is 5.95 Å². The first-order valence-corrected chi connectivity index (χ1v) is 16.5. The molecule has 43 heavy (non-hydrogen) atoms. The number of ether oxygens (including phenoxy) is 3. The minimum absolute atomic E-state index is 0.0638. The molecule has 0 radical (unpaired) electrons. The lowest BCUT2D eigenvalue weighted by molar-refractivity contribution is 0.0839. The standard InChI is InChI=1S/C31H45N5O6S/c1-21(2)13-12-20-35(43(38,39)22(3)29(37)23-14-8-7-9-15-23)31-34-33-30(24-16-10-19-27(32-24)42-6)36(31)28-25(40-4)17-11-18-26(28)41-5/h10-11,16-19,21-23,29,37H,7-9,12-15,20H2,1-6H3/t22-,29-/m1/s1. The van der Waals surface area contributed by atoms with Crippen LogP contribution in [0.15, 0.2) is 36.4 Å². The maximum absolute atomic E-state index is 14.5. The summed E-state index contributed by atoms with van der Waals surface area (Å²) in [6, 6.07) is 10.6. The summed E-state index contributed by atoms with van der Waals surface area (Å²) < 4.78 is 48.8. The molecule has 1 saturated carbocycles. The normalized spacial score (nSPS) is 15.7. The van der Waals surface area contributed by atoms with Gasteiger partial charge < -0.3 is 19.3 Å². The zero-order valence-corrected chi connectivity index (χ0v) is 26.9. The molecule has 1 aliphatic rings. The lowest BCUT2D eigenvalue weighted by Crippen LogP contribution is -2.47. The first-order chi connectivity index (χ1) is 20.6. The van der Waals surface area contributed by atoms with E-state index < -0.39 is 21.4 Å². The van der Waals surface area contributed by atoms with Crippen LogP contribution in [0.3, 0.4) is 0 Å². The van der Waals surface area contributed by atoms with Crippen LogP contribution in [-0.4, -0.2) is 72.5 Å². The molecule has 0 amide bonds. The number of aromatic nitrogens is 4. The monoisotopic (exact) mass is 615 g/mol. The third-order valence-corrected chi connectivity index (χ3v) is 10.4. The summed E-state index contributed by atoms with van der Waals surface area (Å²) in [7, 11) is 0.469. The number of para-hydroxylation sites is 1. The van der Waals surface area contributed by atoms with Gasteiger partial charge in [-0.15, -0.1) is 10.2 Å². The molecule has 236 valence electrons. The van der Waals surface area contributed by atoms with Crippen molar-refractivity contribution in [2.24, 2.45) is 11.8 Å². The van der Waals surface area contributed by atoms with Gasteiger partial charge in [0.1, 0.15) is 28.1 Å². The van der Waals surface area contributed by atoms with Crippen LogP contribution in [-0.2, 0) is 10.0 Å². The van der Waals surface area contributed by atoms with Gasteiger partial charge >= 0.3 is 0 Å². The Kier molecular flexibility index (Phi) is 10.9. The highest BCUT2D eigenvalue weighted by Crippen LogP contribution is 2.40. The lowest BCUT2D eigenvalue weighted by Gasteiger charge is -2.34. The average Bonchev–Trinajstić information content (AvgIpc) is 3.46. The van der Waals surface area contributed by atoms with Crippen molar-refractivity contribution in [1.29, 1.82) is 0 Å². The van der Waals surface area contributed by atoms with Gasteiger partial charge in [-0.25, -0.2) is 17.7 Å². The minimum atomic E-state index is -4.12. The summed E-state index contributed by atoms with van der Waals surface area (Å²) in [4.78, 5) is 4.57. The van der Waals surface area contributed by atoms with Crippen LogP contribution in [0.2, 0.25) is 0 Å². The second kappa shape index (κ2) is 14.4. The topological polar surface area (TPSA) is 129 Å². The maximum atomic E-state index is 14.5. The van der Waals surface area contributed by atoms with E-state index in [4.69, 9.17) is 14.2 Å². The van der Waals surface area contributed by atoms with Crippen molar-refractivity contribution in [2.45, 2.75) is 77.1 Å². The maximum Gasteiger partial charge on any atom is 0.246 e. The predicted octanol–water partition coefficient (Wildman–Crippen LogP) is 5.26. The summed E-state index contributed by atoms with van der Waals surface area (Å²) in [6.07, 6.45) is 5.11. The van der Waals surface area contributed by atoms with Gasteiger partial charge in [-0.3, -0.25) is 4.57 Å². The predicted molar refractivity (Wildman–Crippen MR) is 167 cm³/mol. The molecule has 0 saturated heterocycles. The zero-order valence-electron chi connectivity index (χ0n) is 26.1. The van der Waals surface area contributed by atoms with Crippen LogP contribution in [0, 0.1) is 11.8 Å². The van der Waals surface area contributed by atoms with E-state index in [0.29, 0.717) is 41.1 Å². The summed E-state index contributed by atoms with van der Waals surface area (Å²) in [6.45, 7) is 5.95. The fraction of sp³-hybridized carbons (Fsp3) is 0.581. The van der Waals surface area contributed by atoms with Crippen LogP contribution < -0.4 is 18.5 Å². The Labute approximate surface area is 255 Å². The molecule has 0 unspecified atom stereocenters. The first-order valence-electron chi connectivity index (χ1n) is 15.0. The molecule has 12 heteroatoms. The Morgan fingerprint density at radius 2 is 1.60 bits per heavy atom. The first kappa shape index (κ1) is 32.5. The average molecular weight is 616 g/mol. The van der Waals surface area contributed by atoms with E-state index in [1.54, 1.807) is 47.9 Å². The van der Waals surface area contributed by atoms with Crippen molar-refractivity contribution in [1.82, 2.24) is 19.7 Å². The van der Waals surface area contributed by atoms with Gasteiger partial charge in [0.15, 0.2) is 5.82 Å². The number of methoxy groups -OCH3 is 3. The highest BCUT2D eigenvalue weighted by Gasteiger charge is 2.40. The van der Waals surface area contributed by atoms with Gasteiger partial charge in [-0.05, 0) is 62.6 Å². The second-order valence-corrected chi connectivity index (χ2v) is 13.7. The molecule has 11 nitrogen and oxygen atoms in total. The van der Waals surface area contributed by atoms with Crippen molar-refractivity contribution in [3.8, 4) is 34.6 Å². The molecule has 3 aromatic rings. The summed E-state index contributed by atoms with van der Waals surface area (Å²) in [5.74, 6) is 1.87. The van der Waals surface area contributed by atoms with Crippen molar-refractivity contribution < 1.29 is 27.7 Å². The number of aliphatic hydroxyl groups is 1. The van der Waals surface area contributed by atoms with Crippen molar-refractivity contribution >= 4 is 16.0 Å². The van der Waals surface area contributed by atoms with E-state index in [9.17, 15) is 13.5 Å². The highest BCUT2D eigenvalue weighted by molar-refractivity contribution is 7.93. The Morgan fingerprint density at radius 3 is 2.21 bits per heavy atom. The number of benzene rings is 1. The number of rotatable bonds is 14. The van der Waals surface area contributed by atoms with E-state index >= 15 is 0 Å². The largest absolute Gasteiger partial charge is 0.494 e. The summed E-state index contributed by atoms with van der Waals surface area (Å²) in [5.41, 5.74) is 0.845. The van der Waals surface area contributed by atoms with Gasteiger partial charge in [0.25, 0.3) is 0 Å². The number of pyridine rings is 1. The van der Waals surface area contributed by atoms with Crippen molar-refractivity contribution in [3.63, 3.8) is 0 Å². The molecule has 0 bridgehead atoms. The lowest BCUT2D eigenvalue weighted by atomic mass is 9.84. The van der Waals surface area contributed by atoms with Gasteiger partial charge in [-0.2, -0.15) is 0 Å². The molecule has 0 spiro atoms. The number of hydrogen-bond donors (Lipinski definition) is 1. The summed E-state index contributed by atoms with van der Waals surface area (Å²) in [5, 5.41) is 19.3. The molecule has 0 aliphatic heterocycles. The van der Waals surface area contributed by atoms with Gasteiger partial charge in [0.2, 0.25) is 21.9 Å². The highest BCUT2D eigenvalue weighted by atomic mass is 32.2. The van der Waals surface area contributed by atoms with Crippen LogP contribution in [0.5, 0.6) is 17.4 Å². The fourth-order valence-corrected chi connectivity index (χ4v) is 7.44. The molecule has 1 aliphatic carbocycles. The van der Waals surface area contributed by atoms with E-state index in [1.807, 2.05) is 0 Å². The van der Waals surface area contributed by atoms with Gasteiger partial charge in [0.05, 0.1) is 27.4 Å². The van der Waals surface area contributed by atoms with E-state index in [1.165, 1.54) is 25.6 Å². The van der Waals surface area contributed by atoms with Gasteiger partial charge in [-0.1, -0.05) is 45.2 Å². The Morgan fingerprint density at radius 1 is 0.953 bits per heavy atom. The fourth-order valence-electron chi connectivity index (χ4n) is 5.73. The smallest absolute Gasteiger partial charge is 0.246 e. The van der Waals surface area contributed by atoms with Gasteiger partial charge in [0, 0.05) is 12.6 Å². The molecular weight excluding hydrogens is 570 g/mol. The molecule has 2 atom stereocenters. The van der Waals surface area contributed by atoms with E-state index in [2.05, 4.69) is 29.0 Å². The molecule has 2 heterocycles. The van der Waals surface area contributed by atoms with Crippen molar-refractivity contribution in [3.05, 3.63) is 36.4 Å². The van der Waals surface area contributed by atoms with Crippen LogP contribution >= 0.6 is 0 Å². The third-order valence-electron chi connectivity index (χ3n) is 8.19. The number of anilines is 1. The Hall–Kier alpha value is -3.38. The zero-order chi connectivity index (χ0) is 31.1. The molecular formula is C31H45N5O6S. The minimum Gasteiger partial charge on any atom is -0.494 e. The molecule has 4 rings (SSSR count). The van der Waals surface area contributed by atoms with Crippen molar-refractivity contribution in [2.75, 3.05) is 32.2 Å². The molecule has 1 N–H and O–H groups in total. The van der Waals surface area contributed by atoms with E-state index in [0.717, 1.165) is 38.5 Å². The molecule has 1 fully saturated rings.